The highest BCUT2D eigenvalue weighted by Crippen LogP contribution is 2.26. The van der Waals surface area contributed by atoms with Gasteiger partial charge in [0.2, 0.25) is 0 Å². The van der Waals surface area contributed by atoms with Crippen molar-refractivity contribution in [1.29, 1.82) is 0 Å². The molecule has 1 aliphatic rings. The summed E-state index contributed by atoms with van der Waals surface area (Å²) in [7, 11) is -1.82. The van der Waals surface area contributed by atoms with Gasteiger partial charge in [-0.3, -0.25) is 0 Å². The molecule has 1 atom stereocenters. The molecule has 112 valence electrons. The summed E-state index contributed by atoms with van der Waals surface area (Å²) >= 11 is 0. The van der Waals surface area contributed by atoms with Crippen molar-refractivity contribution in [3.8, 4) is 5.75 Å². The second-order valence-corrected chi connectivity index (χ2v) is 6.93. The highest BCUT2D eigenvalue weighted by molar-refractivity contribution is 7.89. The molecule has 0 amide bonds. The van der Waals surface area contributed by atoms with Crippen LogP contribution in [0.15, 0.2) is 41.8 Å². The molecule has 1 N–H and O–H groups in total. The molecule has 1 aromatic carbocycles. The monoisotopic (exact) mass is 307 g/mol. The minimum atomic E-state index is -3.55. The van der Waals surface area contributed by atoms with Crippen molar-refractivity contribution in [2.24, 2.45) is 13.0 Å². The predicted octanol–water partition coefficient (Wildman–Crippen LogP) is 0.950. The molecule has 0 bridgehead atoms. The minimum absolute atomic E-state index is 0.0436. The summed E-state index contributed by atoms with van der Waals surface area (Å²) in [5.74, 6) is 1.01. The fraction of sp³-hybridized carbons (Fsp3) is 0.357. The summed E-state index contributed by atoms with van der Waals surface area (Å²) in [5, 5.41) is 0.0436. The number of nitrogens with zero attached hydrogens (tertiary/aromatic N) is 2. The summed E-state index contributed by atoms with van der Waals surface area (Å²) in [6.07, 6.45) is 3.75. The van der Waals surface area contributed by atoms with Crippen molar-refractivity contribution in [2.45, 2.75) is 11.4 Å². The zero-order chi connectivity index (χ0) is 14.9. The van der Waals surface area contributed by atoms with Crippen molar-refractivity contribution in [2.75, 3.05) is 13.2 Å². The summed E-state index contributed by atoms with van der Waals surface area (Å²) in [6.45, 7) is 0.856. The average Bonchev–Trinajstić information content (AvgIpc) is 2.92. The molecule has 3 rings (SSSR count). The lowest BCUT2D eigenvalue weighted by Crippen LogP contribution is -2.34. The van der Waals surface area contributed by atoms with Gasteiger partial charge in [0.25, 0.3) is 10.0 Å². The van der Waals surface area contributed by atoms with Gasteiger partial charge in [-0.2, -0.15) is 0 Å². The molecule has 21 heavy (non-hydrogen) atoms. The van der Waals surface area contributed by atoms with E-state index in [2.05, 4.69) is 9.71 Å². The van der Waals surface area contributed by atoms with E-state index in [1.54, 1.807) is 11.6 Å². The summed E-state index contributed by atoms with van der Waals surface area (Å²) in [5.41, 5.74) is 1.12. The lowest BCUT2D eigenvalue weighted by Gasteiger charge is -2.25. The van der Waals surface area contributed by atoms with Gasteiger partial charge in [0.15, 0.2) is 5.03 Å². The number of aromatic nitrogens is 2. The molecule has 0 fully saturated rings. The fourth-order valence-electron chi connectivity index (χ4n) is 2.35. The van der Waals surface area contributed by atoms with E-state index in [9.17, 15) is 8.42 Å². The SMILES string of the molecule is Cn1cnc(S(=O)(=O)NC[C@H]2COc3ccccc3C2)c1. The Morgan fingerprint density at radius 3 is 3.00 bits per heavy atom. The van der Waals surface area contributed by atoms with E-state index < -0.39 is 10.0 Å². The van der Waals surface area contributed by atoms with Crippen LogP contribution < -0.4 is 9.46 Å². The number of ether oxygens (including phenoxy) is 1. The smallest absolute Gasteiger partial charge is 0.259 e. The van der Waals surface area contributed by atoms with E-state index in [1.165, 1.54) is 12.5 Å². The van der Waals surface area contributed by atoms with Gasteiger partial charge in [-0.25, -0.2) is 18.1 Å². The molecule has 0 radical (unpaired) electrons. The maximum atomic E-state index is 12.1. The van der Waals surface area contributed by atoms with Crippen LogP contribution in [0, 0.1) is 5.92 Å². The van der Waals surface area contributed by atoms with Crippen LogP contribution in [0.4, 0.5) is 0 Å². The normalized spacial score (nSPS) is 18.0. The second kappa shape index (κ2) is 5.50. The lowest BCUT2D eigenvalue weighted by molar-refractivity contribution is 0.223. The Kier molecular flexibility index (Phi) is 3.69. The van der Waals surface area contributed by atoms with E-state index in [4.69, 9.17) is 4.74 Å². The zero-order valence-corrected chi connectivity index (χ0v) is 12.5. The molecule has 0 saturated heterocycles. The molecule has 0 aliphatic carbocycles. The number of imidazole rings is 1. The number of benzene rings is 1. The van der Waals surface area contributed by atoms with Crippen molar-refractivity contribution < 1.29 is 13.2 Å². The second-order valence-electron chi connectivity index (χ2n) is 5.22. The third-order valence-electron chi connectivity index (χ3n) is 3.47. The van der Waals surface area contributed by atoms with Gasteiger partial charge in [0.05, 0.1) is 12.9 Å². The van der Waals surface area contributed by atoms with E-state index in [-0.39, 0.29) is 10.9 Å². The summed E-state index contributed by atoms with van der Waals surface area (Å²) in [6, 6.07) is 7.84. The van der Waals surface area contributed by atoms with Crippen LogP contribution >= 0.6 is 0 Å². The number of hydrogen-bond donors (Lipinski definition) is 1. The van der Waals surface area contributed by atoms with Gasteiger partial charge in [-0.05, 0) is 18.1 Å². The van der Waals surface area contributed by atoms with Gasteiger partial charge in [0, 0.05) is 25.7 Å². The maximum absolute atomic E-state index is 12.1. The van der Waals surface area contributed by atoms with Gasteiger partial charge in [0.1, 0.15) is 5.75 Å². The Hall–Kier alpha value is -1.86. The Bertz CT molecular complexity index is 739. The third kappa shape index (κ3) is 3.08. The first kappa shape index (κ1) is 14.1. The van der Waals surface area contributed by atoms with Gasteiger partial charge in [-0.1, -0.05) is 18.2 Å². The predicted molar refractivity (Wildman–Crippen MR) is 77.5 cm³/mol. The largest absolute Gasteiger partial charge is 0.493 e. The molecule has 1 aromatic heterocycles. The van der Waals surface area contributed by atoms with Crippen molar-refractivity contribution in [1.82, 2.24) is 14.3 Å². The van der Waals surface area contributed by atoms with E-state index in [0.29, 0.717) is 13.2 Å². The van der Waals surface area contributed by atoms with Crippen LogP contribution in [0.25, 0.3) is 0 Å². The van der Waals surface area contributed by atoms with E-state index >= 15 is 0 Å². The van der Waals surface area contributed by atoms with Crippen LogP contribution in [0.5, 0.6) is 5.75 Å². The zero-order valence-electron chi connectivity index (χ0n) is 11.7. The average molecular weight is 307 g/mol. The molecule has 6 nitrogen and oxygen atoms in total. The molecule has 2 aromatic rings. The Morgan fingerprint density at radius 1 is 1.43 bits per heavy atom. The molecular weight excluding hydrogens is 290 g/mol. The van der Waals surface area contributed by atoms with Crippen molar-refractivity contribution >= 4 is 10.0 Å². The maximum Gasteiger partial charge on any atom is 0.259 e. The number of hydrogen-bond acceptors (Lipinski definition) is 4. The lowest BCUT2D eigenvalue weighted by atomic mass is 9.97. The topological polar surface area (TPSA) is 73.2 Å². The van der Waals surface area contributed by atoms with Gasteiger partial charge < -0.3 is 9.30 Å². The number of para-hydroxylation sites is 1. The van der Waals surface area contributed by atoms with Crippen molar-refractivity contribution in [3.63, 3.8) is 0 Å². The standard InChI is InChI=1S/C14H17N3O3S/c1-17-8-14(15-10-17)21(18,19)16-7-11-6-12-4-2-3-5-13(12)20-9-11/h2-5,8,10-11,16H,6-7,9H2,1H3/t11-/m0/s1. The Balaban J connectivity index is 1.64. The first-order valence-corrected chi connectivity index (χ1v) is 8.21. The van der Waals surface area contributed by atoms with Crippen LogP contribution in [0.1, 0.15) is 5.56 Å². The fourth-order valence-corrected chi connectivity index (χ4v) is 3.44. The number of sulfonamides is 1. The van der Waals surface area contributed by atoms with E-state index in [0.717, 1.165) is 17.7 Å². The number of fused-ring (bicyclic) bond motifs is 1. The van der Waals surface area contributed by atoms with Crippen LogP contribution in [0.3, 0.4) is 0 Å². The molecule has 7 heteroatoms. The first-order chi connectivity index (χ1) is 10.0. The third-order valence-corrected chi connectivity index (χ3v) is 4.78. The highest BCUT2D eigenvalue weighted by atomic mass is 32.2. The molecule has 1 aliphatic heterocycles. The summed E-state index contributed by atoms with van der Waals surface area (Å²) < 4.78 is 34.1. The minimum Gasteiger partial charge on any atom is -0.493 e. The molecule has 2 heterocycles. The molecule has 0 spiro atoms. The van der Waals surface area contributed by atoms with E-state index in [1.807, 2.05) is 24.3 Å². The van der Waals surface area contributed by atoms with Gasteiger partial charge >= 0.3 is 0 Å². The van der Waals surface area contributed by atoms with Crippen molar-refractivity contribution in [3.05, 3.63) is 42.4 Å². The highest BCUT2D eigenvalue weighted by Gasteiger charge is 2.23. The quantitative estimate of drug-likeness (QED) is 0.913. The van der Waals surface area contributed by atoms with Crippen LogP contribution in [0.2, 0.25) is 0 Å². The molecule has 0 saturated carbocycles. The molecule has 0 unspecified atom stereocenters. The Labute approximate surface area is 123 Å². The van der Waals surface area contributed by atoms with Gasteiger partial charge in [-0.15, -0.1) is 0 Å². The van der Waals surface area contributed by atoms with Crippen LogP contribution in [-0.4, -0.2) is 31.1 Å². The van der Waals surface area contributed by atoms with Crippen LogP contribution in [-0.2, 0) is 23.5 Å². The summed E-state index contributed by atoms with van der Waals surface area (Å²) in [4.78, 5) is 3.87. The molecular formula is C14H17N3O3S. The Morgan fingerprint density at radius 2 is 2.24 bits per heavy atom. The number of rotatable bonds is 4. The first-order valence-electron chi connectivity index (χ1n) is 6.73. The number of nitrogens with one attached hydrogen (secondary N) is 1. The number of aryl methyl sites for hydroxylation is 1.